The monoisotopic (exact) mass is 381 g/mol. The van der Waals surface area contributed by atoms with Crippen LogP contribution < -0.4 is 10.6 Å². The van der Waals surface area contributed by atoms with Crippen LogP contribution in [0.5, 0.6) is 0 Å². The molecule has 25 heavy (non-hydrogen) atoms. The maximum atomic E-state index is 12.2. The van der Waals surface area contributed by atoms with Gasteiger partial charge < -0.3 is 20.0 Å². The number of urea groups is 1. The molecule has 1 aliphatic heterocycles. The Morgan fingerprint density at radius 2 is 1.92 bits per heavy atom. The summed E-state index contributed by atoms with van der Waals surface area (Å²) in [7, 11) is 0. The molecule has 8 heteroatoms. The highest BCUT2D eigenvalue weighted by Gasteiger charge is 2.25. The quantitative estimate of drug-likeness (QED) is 0.842. The summed E-state index contributed by atoms with van der Waals surface area (Å²) >= 11 is 11.9. The van der Waals surface area contributed by atoms with Crippen LogP contribution in [-0.4, -0.2) is 36.0 Å². The normalized spacial score (nSPS) is 15.0. The van der Waals surface area contributed by atoms with Gasteiger partial charge >= 0.3 is 6.03 Å². The maximum Gasteiger partial charge on any atom is 0.319 e. The smallest absolute Gasteiger partial charge is 0.319 e. The van der Waals surface area contributed by atoms with Crippen LogP contribution in [-0.2, 0) is 0 Å². The van der Waals surface area contributed by atoms with Gasteiger partial charge in [-0.1, -0.05) is 23.2 Å². The van der Waals surface area contributed by atoms with Crippen molar-refractivity contribution in [1.29, 1.82) is 0 Å². The first-order valence-corrected chi connectivity index (χ1v) is 8.64. The average Bonchev–Trinajstić information content (AvgIpc) is 3.13. The highest BCUT2D eigenvalue weighted by Crippen LogP contribution is 2.25. The lowest BCUT2D eigenvalue weighted by molar-refractivity contribution is 0.0676. The molecule has 1 fully saturated rings. The minimum Gasteiger partial charge on any atom is -0.459 e. The molecule has 0 atom stereocenters. The lowest BCUT2D eigenvalue weighted by Gasteiger charge is -2.31. The fourth-order valence-electron chi connectivity index (χ4n) is 2.72. The maximum absolute atomic E-state index is 12.2. The topological polar surface area (TPSA) is 74.6 Å². The Morgan fingerprint density at radius 3 is 2.60 bits per heavy atom. The van der Waals surface area contributed by atoms with Crippen molar-refractivity contribution in [2.75, 3.05) is 18.4 Å². The lowest BCUT2D eigenvalue weighted by Crippen LogP contribution is -2.47. The number of nitrogens with zero attached hydrogens (tertiary/aromatic N) is 1. The Balaban J connectivity index is 1.49. The molecule has 2 heterocycles. The van der Waals surface area contributed by atoms with Gasteiger partial charge in [0.05, 0.1) is 17.0 Å². The molecule has 1 aromatic heterocycles. The summed E-state index contributed by atoms with van der Waals surface area (Å²) in [5.74, 6) is 0.207. The van der Waals surface area contributed by atoms with Crippen molar-refractivity contribution >= 4 is 40.8 Å². The molecule has 0 saturated carbocycles. The van der Waals surface area contributed by atoms with Gasteiger partial charge in [0.15, 0.2) is 5.76 Å². The Morgan fingerprint density at radius 1 is 1.16 bits per heavy atom. The molecule has 0 aliphatic carbocycles. The number of carbonyl (C=O) groups excluding carboxylic acids is 2. The SMILES string of the molecule is O=C(Nc1cc(Cl)ccc1Cl)NC1CCN(C(=O)c2ccco2)CC1. The number of hydrogen-bond donors (Lipinski definition) is 2. The van der Waals surface area contributed by atoms with Crippen molar-refractivity contribution in [2.45, 2.75) is 18.9 Å². The molecular formula is C17H17Cl2N3O3. The molecule has 3 rings (SSSR count). The van der Waals surface area contributed by atoms with Gasteiger partial charge in [-0.05, 0) is 43.2 Å². The van der Waals surface area contributed by atoms with Crippen molar-refractivity contribution < 1.29 is 14.0 Å². The molecular weight excluding hydrogens is 365 g/mol. The van der Waals surface area contributed by atoms with Crippen LogP contribution in [0, 0.1) is 0 Å². The van der Waals surface area contributed by atoms with Gasteiger partial charge in [0, 0.05) is 24.2 Å². The van der Waals surface area contributed by atoms with Crippen LogP contribution >= 0.6 is 23.2 Å². The number of anilines is 1. The van der Waals surface area contributed by atoms with Crippen LogP contribution in [0.4, 0.5) is 10.5 Å². The van der Waals surface area contributed by atoms with Gasteiger partial charge in [0.1, 0.15) is 0 Å². The number of nitrogens with one attached hydrogen (secondary N) is 2. The van der Waals surface area contributed by atoms with E-state index in [-0.39, 0.29) is 18.0 Å². The van der Waals surface area contributed by atoms with Crippen molar-refractivity contribution in [3.8, 4) is 0 Å². The Bertz CT molecular complexity index is 757. The predicted octanol–water partition coefficient (Wildman–Crippen LogP) is 4.01. The Labute approximate surface area is 155 Å². The van der Waals surface area contributed by atoms with E-state index in [9.17, 15) is 9.59 Å². The molecule has 2 aromatic rings. The van der Waals surface area contributed by atoms with E-state index in [4.69, 9.17) is 27.6 Å². The molecule has 132 valence electrons. The number of benzene rings is 1. The van der Waals surface area contributed by atoms with E-state index in [2.05, 4.69) is 10.6 Å². The molecule has 0 bridgehead atoms. The zero-order valence-electron chi connectivity index (χ0n) is 13.3. The molecule has 1 saturated heterocycles. The van der Waals surface area contributed by atoms with Crippen molar-refractivity contribution in [1.82, 2.24) is 10.2 Å². The number of hydrogen-bond acceptors (Lipinski definition) is 3. The minimum absolute atomic E-state index is 0.0152. The number of piperidine rings is 1. The number of halogens is 2. The van der Waals surface area contributed by atoms with E-state index in [1.165, 1.54) is 6.26 Å². The first kappa shape index (κ1) is 17.6. The second-order valence-corrected chi connectivity index (χ2v) is 6.61. The Kier molecular flexibility index (Phi) is 5.50. The summed E-state index contributed by atoms with van der Waals surface area (Å²) in [6.45, 7) is 1.12. The summed E-state index contributed by atoms with van der Waals surface area (Å²) in [6, 6.07) is 7.84. The van der Waals surface area contributed by atoms with Crippen molar-refractivity contribution in [3.05, 3.63) is 52.4 Å². The molecule has 6 nitrogen and oxygen atoms in total. The van der Waals surface area contributed by atoms with Gasteiger partial charge in [-0.15, -0.1) is 0 Å². The molecule has 2 N–H and O–H groups in total. The van der Waals surface area contributed by atoms with Crippen LogP contribution in [0.3, 0.4) is 0 Å². The van der Waals surface area contributed by atoms with Gasteiger partial charge in [-0.2, -0.15) is 0 Å². The van der Waals surface area contributed by atoms with E-state index in [0.29, 0.717) is 47.4 Å². The number of furan rings is 1. The molecule has 1 aromatic carbocycles. The summed E-state index contributed by atoms with van der Waals surface area (Å²) < 4.78 is 5.13. The van der Waals surface area contributed by atoms with Crippen LogP contribution in [0.15, 0.2) is 41.0 Å². The third-order valence-corrected chi connectivity index (χ3v) is 4.59. The van der Waals surface area contributed by atoms with E-state index in [1.807, 2.05) is 0 Å². The zero-order valence-corrected chi connectivity index (χ0v) is 14.8. The number of likely N-dealkylation sites (tertiary alicyclic amines) is 1. The lowest BCUT2D eigenvalue weighted by atomic mass is 10.0. The summed E-state index contributed by atoms with van der Waals surface area (Å²) in [4.78, 5) is 26.1. The third-order valence-electron chi connectivity index (χ3n) is 4.03. The van der Waals surface area contributed by atoms with Crippen molar-refractivity contribution in [3.63, 3.8) is 0 Å². The first-order chi connectivity index (χ1) is 12.0. The summed E-state index contributed by atoms with van der Waals surface area (Å²) in [5.41, 5.74) is 0.456. The van der Waals surface area contributed by atoms with E-state index >= 15 is 0 Å². The minimum atomic E-state index is -0.347. The third kappa shape index (κ3) is 4.46. The predicted molar refractivity (Wildman–Crippen MR) is 96.2 cm³/mol. The molecule has 0 radical (unpaired) electrons. The van der Waals surface area contributed by atoms with Gasteiger partial charge in [0.25, 0.3) is 5.91 Å². The molecule has 3 amide bonds. The Hall–Kier alpha value is -2.18. The highest BCUT2D eigenvalue weighted by atomic mass is 35.5. The van der Waals surface area contributed by atoms with Crippen LogP contribution in [0.25, 0.3) is 0 Å². The summed E-state index contributed by atoms with van der Waals surface area (Å²) in [5, 5.41) is 6.49. The molecule has 0 spiro atoms. The standard InChI is InChI=1S/C17H17Cl2N3O3/c18-11-3-4-13(19)14(10-11)21-17(24)20-12-5-7-22(8-6-12)16(23)15-2-1-9-25-15/h1-4,9-10,12H,5-8H2,(H2,20,21,24). The number of amides is 3. The average molecular weight is 382 g/mol. The second-order valence-electron chi connectivity index (χ2n) is 5.77. The highest BCUT2D eigenvalue weighted by molar-refractivity contribution is 6.35. The van der Waals surface area contributed by atoms with E-state index in [1.54, 1.807) is 35.2 Å². The summed E-state index contributed by atoms with van der Waals surface area (Å²) in [6.07, 6.45) is 2.82. The van der Waals surface area contributed by atoms with E-state index in [0.717, 1.165) is 0 Å². The van der Waals surface area contributed by atoms with Gasteiger partial charge in [-0.3, -0.25) is 4.79 Å². The fourth-order valence-corrected chi connectivity index (χ4v) is 3.06. The first-order valence-electron chi connectivity index (χ1n) is 7.88. The van der Waals surface area contributed by atoms with Gasteiger partial charge in [0.2, 0.25) is 0 Å². The largest absolute Gasteiger partial charge is 0.459 e. The fraction of sp³-hybridized carbons (Fsp3) is 0.294. The molecule has 0 unspecified atom stereocenters. The zero-order chi connectivity index (χ0) is 17.8. The van der Waals surface area contributed by atoms with Crippen LogP contribution in [0.2, 0.25) is 10.0 Å². The number of rotatable bonds is 3. The van der Waals surface area contributed by atoms with Crippen LogP contribution in [0.1, 0.15) is 23.4 Å². The van der Waals surface area contributed by atoms with Gasteiger partial charge in [-0.25, -0.2) is 4.79 Å². The van der Waals surface area contributed by atoms with Crippen molar-refractivity contribution in [2.24, 2.45) is 0 Å². The van der Waals surface area contributed by atoms with E-state index < -0.39 is 0 Å². The molecule has 1 aliphatic rings. The second kappa shape index (κ2) is 7.80. The number of carbonyl (C=O) groups is 2.